The summed E-state index contributed by atoms with van der Waals surface area (Å²) in [5, 5.41) is 14.7. The van der Waals surface area contributed by atoms with E-state index in [2.05, 4.69) is 5.10 Å². The molecule has 3 aromatic rings. The van der Waals surface area contributed by atoms with Crippen LogP contribution in [0.5, 0.6) is 11.5 Å². The number of rotatable bonds is 7. The highest BCUT2D eigenvalue weighted by Gasteiger charge is 2.37. The van der Waals surface area contributed by atoms with Gasteiger partial charge in [-0.2, -0.15) is 23.0 Å². The van der Waals surface area contributed by atoms with Crippen LogP contribution in [0.15, 0.2) is 41.2 Å². The van der Waals surface area contributed by atoms with Crippen LogP contribution in [0.1, 0.15) is 36.8 Å². The third-order valence-electron chi connectivity index (χ3n) is 8.82. The lowest BCUT2D eigenvalue weighted by Crippen LogP contribution is -2.43. The Morgan fingerprint density at radius 2 is 1.71 bits per heavy atom. The number of carbonyl (C=O) groups is 1. The maximum Gasteiger partial charge on any atom is 0.418 e. The Labute approximate surface area is 258 Å². The molecule has 0 unspecified atom stereocenters. The van der Waals surface area contributed by atoms with Crippen molar-refractivity contribution < 1.29 is 32.5 Å². The van der Waals surface area contributed by atoms with Crippen molar-refractivity contribution in [3.63, 3.8) is 0 Å². The lowest BCUT2D eigenvalue weighted by atomic mass is 10.0. The number of alkyl halides is 3. The van der Waals surface area contributed by atoms with E-state index >= 15 is 0 Å². The molecule has 4 heterocycles. The molecule has 3 aliphatic rings. The number of methoxy groups -OCH3 is 2. The highest BCUT2D eigenvalue weighted by atomic mass is 19.4. The number of aliphatic hydroxyl groups is 1. The zero-order valence-corrected chi connectivity index (χ0v) is 25.3. The average Bonchev–Trinajstić information content (AvgIpc) is 3.67. The van der Waals surface area contributed by atoms with Gasteiger partial charge in [-0.3, -0.25) is 9.59 Å². The average molecular weight is 628 g/mol. The van der Waals surface area contributed by atoms with Gasteiger partial charge in [-0.05, 0) is 62.4 Å². The summed E-state index contributed by atoms with van der Waals surface area (Å²) in [5.74, 6) is 0.761. The van der Waals surface area contributed by atoms with Crippen molar-refractivity contribution in [3.8, 4) is 28.4 Å². The van der Waals surface area contributed by atoms with Gasteiger partial charge in [0.1, 0.15) is 17.2 Å². The number of nitrogens with zero attached hydrogens (tertiary/aromatic N) is 5. The largest absolute Gasteiger partial charge is 0.497 e. The number of aromatic nitrogens is 2. The fraction of sp³-hybridized carbons (Fsp3) is 0.469. The van der Waals surface area contributed by atoms with Crippen LogP contribution in [0.4, 0.5) is 24.5 Å². The molecule has 0 bridgehead atoms. The van der Waals surface area contributed by atoms with Crippen LogP contribution >= 0.6 is 0 Å². The first-order valence-corrected chi connectivity index (χ1v) is 15.1. The molecule has 3 aliphatic heterocycles. The second-order valence-electron chi connectivity index (χ2n) is 11.7. The summed E-state index contributed by atoms with van der Waals surface area (Å²) >= 11 is 0. The molecule has 2 aromatic carbocycles. The quantitative estimate of drug-likeness (QED) is 0.422. The molecule has 0 saturated carbocycles. The summed E-state index contributed by atoms with van der Waals surface area (Å²) in [5.41, 5.74) is -0.268. The first-order chi connectivity index (χ1) is 21.6. The van der Waals surface area contributed by atoms with E-state index in [1.54, 1.807) is 32.9 Å². The SMILES string of the molecule is COc1cc(OC)cc(-c2nn(-c3cc(N4CC[C@H](O)C4)ccc3C(F)(F)F)c(=O)c3c2CCN3CC(=O)N2CCCCC2)c1. The van der Waals surface area contributed by atoms with Gasteiger partial charge in [0.2, 0.25) is 5.91 Å². The minimum atomic E-state index is -4.79. The summed E-state index contributed by atoms with van der Waals surface area (Å²) in [6.45, 7) is 2.27. The van der Waals surface area contributed by atoms with E-state index in [0.29, 0.717) is 73.0 Å². The molecule has 1 atom stereocenters. The molecule has 0 spiro atoms. The van der Waals surface area contributed by atoms with Crippen LogP contribution in [0.25, 0.3) is 16.9 Å². The number of hydrogen-bond donors (Lipinski definition) is 1. The number of ether oxygens (including phenoxy) is 2. The molecular formula is C32H36F3N5O5. The van der Waals surface area contributed by atoms with Crippen molar-refractivity contribution in [2.45, 2.75) is 44.4 Å². The summed E-state index contributed by atoms with van der Waals surface area (Å²) in [6.07, 6.45) is -1.67. The summed E-state index contributed by atoms with van der Waals surface area (Å²) in [6, 6.07) is 8.64. The van der Waals surface area contributed by atoms with E-state index < -0.39 is 29.1 Å². The van der Waals surface area contributed by atoms with Gasteiger partial charge in [0, 0.05) is 55.6 Å². The molecule has 0 aliphatic carbocycles. The van der Waals surface area contributed by atoms with Crippen LogP contribution < -0.4 is 24.8 Å². The molecule has 2 saturated heterocycles. The van der Waals surface area contributed by atoms with Crippen LogP contribution in [-0.4, -0.2) is 85.3 Å². The highest BCUT2D eigenvalue weighted by molar-refractivity contribution is 5.84. The zero-order chi connectivity index (χ0) is 31.9. The Morgan fingerprint density at radius 1 is 1.00 bits per heavy atom. The molecule has 1 amide bonds. The summed E-state index contributed by atoms with van der Waals surface area (Å²) in [4.78, 5) is 32.8. The Hall–Kier alpha value is -4.26. The van der Waals surface area contributed by atoms with Crippen LogP contribution in [0, 0.1) is 0 Å². The number of β-amino-alcohol motifs (C(OH)–C–C–N with tert-alkyl or cyclic N) is 1. The number of amides is 1. The molecule has 10 nitrogen and oxygen atoms in total. The molecule has 6 rings (SSSR count). The molecule has 45 heavy (non-hydrogen) atoms. The van der Waals surface area contributed by atoms with E-state index in [9.17, 15) is 27.9 Å². The van der Waals surface area contributed by atoms with Crippen LogP contribution in [0.2, 0.25) is 0 Å². The van der Waals surface area contributed by atoms with Crippen molar-refractivity contribution in [3.05, 3.63) is 57.9 Å². The van der Waals surface area contributed by atoms with Crippen molar-refractivity contribution in [1.82, 2.24) is 14.7 Å². The highest BCUT2D eigenvalue weighted by Crippen LogP contribution is 2.39. The molecule has 0 radical (unpaired) electrons. The third kappa shape index (κ3) is 6.05. The van der Waals surface area contributed by atoms with Gasteiger partial charge < -0.3 is 29.3 Å². The number of fused-ring (bicyclic) bond motifs is 1. The fourth-order valence-electron chi connectivity index (χ4n) is 6.48. The summed E-state index contributed by atoms with van der Waals surface area (Å²) < 4.78 is 55.2. The number of likely N-dealkylation sites (tertiary alicyclic amines) is 1. The Balaban J connectivity index is 1.55. The van der Waals surface area contributed by atoms with Gasteiger partial charge in [-0.15, -0.1) is 0 Å². The standard InChI is InChI=1S/C32H36F3N5O5/c1-44-23-14-20(15-24(17-23)45-2)29-25-9-13-39(19-28(42)37-10-4-3-5-11-37)30(25)31(43)40(36-29)27-16-21(38-12-8-22(41)18-38)6-7-26(27)32(33,34)35/h6-7,14-17,22,41H,3-5,8-13,18-19H2,1-2H3/t22-/m0/s1. The lowest BCUT2D eigenvalue weighted by Gasteiger charge is -2.29. The number of hydrogen-bond acceptors (Lipinski definition) is 8. The molecule has 2 fully saturated rings. The van der Waals surface area contributed by atoms with Crippen LogP contribution in [0.3, 0.4) is 0 Å². The normalized spacial score (nSPS) is 18.4. The molecule has 1 aromatic heterocycles. The van der Waals surface area contributed by atoms with Crippen molar-refractivity contribution >= 4 is 17.3 Å². The second kappa shape index (κ2) is 12.3. The molecule has 240 valence electrons. The van der Waals surface area contributed by atoms with Crippen molar-refractivity contribution in [2.24, 2.45) is 0 Å². The van der Waals surface area contributed by atoms with Gasteiger partial charge in [-0.1, -0.05) is 0 Å². The predicted molar refractivity (Wildman–Crippen MR) is 163 cm³/mol. The van der Waals surface area contributed by atoms with Gasteiger partial charge in [-0.25, -0.2) is 0 Å². The summed E-state index contributed by atoms with van der Waals surface area (Å²) in [7, 11) is 2.98. The first-order valence-electron chi connectivity index (χ1n) is 15.1. The minimum absolute atomic E-state index is 0.0645. The van der Waals surface area contributed by atoms with Gasteiger partial charge in [0.05, 0.1) is 43.8 Å². The van der Waals surface area contributed by atoms with Crippen LogP contribution in [-0.2, 0) is 17.4 Å². The maximum absolute atomic E-state index is 14.5. The van der Waals surface area contributed by atoms with E-state index in [1.807, 2.05) is 0 Å². The van der Waals surface area contributed by atoms with Crippen molar-refractivity contribution in [1.29, 1.82) is 0 Å². The van der Waals surface area contributed by atoms with E-state index in [-0.39, 0.29) is 24.7 Å². The minimum Gasteiger partial charge on any atom is -0.497 e. The second-order valence-corrected chi connectivity index (χ2v) is 11.7. The smallest absolute Gasteiger partial charge is 0.418 e. The first kappa shape index (κ1) is 30.8. The van der Waals surface area contributed by atoms with E-state index in [0.717, 1.165) is 30.0 Å². The number of aliphatic hydroxyl groups excluding tert-OH is 1. The Bertz CT molecular complexity index is 1630. The Kier molecular flexibility index (Phi) is 8.38. The van der Waals surface area contributed by atoms with E-state index in [1.165, 1.54) is 26.4 Å². The van der Waals surface area contributed by atoms with Crippen molar-refractivity contribution in [2.75, 3.05) is 63.3 Å². The zero-order valence-electron chi connectivity index (χ0n) is 25.3. The van der Waals surface area contributed by atoms with Gasteiger partial charge in [0.25, 0.3) is 5.56 Å². The van der Waals surface area contributed by atoms with E-state index in [4.69, 9.17) is 9.47 Å². The lowest BCUT2D eigenvalue weighted by molar-refractivity contribution is -0.137. The molecular weight excluding hydrogens is 591 g/mol. The van der Waals surface area contributed by atoms with Gasteiger partial charge >= 0.3 is 6.18 Å². The number of benzene rings is 2. The number of carbonyl (C=O) groups excluding carboxylic acids is 1. The number of piperidine rings is 1. The third-order valence-corrected chi connectivity index (χ3v) is 8.82. The fourth-order valence-corrected chi connectivity index (χ4v) is 6.48. The maximum atomic E-state index is 14.5. The monoisotopic (exact) mass is 627 g/mol. The predicted octanol–water partition coefficient (Wildman–Crippen LogP) is 3.88. The number of halogens is 3. The molecule has 13 heteroatoms. The topological polar surface area (TPSA) is 100 Å². The molecule has 1 N–H and O–H groups in total. The Morgan fingerprint density at radius 3 is 2.33 bits per heavy atom. The van der Waals surface area contributed by atoms with Gasteiger partial charge in [0.15, 0.2) is 0 Å². The number of anilines is 2.